The Morgan fingerprint density at radius 3 is 2.95 bits per heavy atom. The number of nitrogens with one attached hydrogen (secondary N) is 1. The Morgan fingerprint density at radius 1 is 1.40 bits per heavy atom. The summed E-state index contributed by atoms with van der Waals surface area (Å²) >= 11 is 1.81. The molecule has 1 N–H and O–H groups in total. The van der Waals surface area contributed by atoms with E-state index in [4.69, 9.17) is 0 Å². The van der Waals surface area contributed by atoms with Gasteiger partial charge in [0.2, 0.25) is 0 Å². The molecule has 114 valence electrons. The van der Waals surface area contributed by atoms with Gasteiger partial charge in [-0.3, -0.25) is 0 Å². The predicted molar refractivity (Wildman–Crippen MR) is 88.6 cm³/mol. The summed E-state index contributed by atoms with van der Waals surface area (Å²) in [6.07, 6.45) is 3.62. The number of piperazine rings is 1. The van der Waals surface area contributed by atoms with Gasteiger partial charge in [-0.15, -0.1) is 0 Å². The van der Waals surface area contributed by atoms with Gasteiger partial charge < -0.3 is 15.1 Å². The van der Waals surface area contributed by atoms with Gasteiger partial charge in [0, 0.05) is 31.7 Å². The predicted octanol–water partition coefficient (Wildman–Crippen LogP) is 2.29. The van der Waals surface area contributed by atoms with Crippen molar-refractivity contribution in [1.29, 1.82) is 0 Å². The number of hydrogen-bond acceptors (Lipinski definition) is 4. The standard InChI is InChI=1S/C16H29N3S/c1-4-6-17-15(10-14-5-9-20-13-14)11-16-12-18(2)7-8-19(16)3/h5,9,13,15-17H,4,6-8,10-12H2,1-3H3. The maximum atomic E-state index is 3.75. The van der Waals surface area contributed by atoms with Crippen molar-refractivity contribution in [3.63, 3.8) is 0 Å². The molecule has 1 saturated heterocycles. The highest BCUT2D eigenvalue weighted by molar-refractivity contribution is 7.07. The average Bonchev–Trinajstić information content (AvgIpc) is 2.93. The largest absolute Gasteiger partial charge is 0.314 e. The first-order chi connectivity index (χ1) is 9.69. The van der Waals surface area contributed by atoms with Crippen LogP contribution in [0.15, 0.2) is 16.8 Å². The summed E-state index contributed by atoms with van der Waals surface area (Å²) in [7, 11) is 4.52. The molecule has 1 aliphatic rings. The van der Waals surface area contributed by atoms with Gasteiger partial charge in [-0.2, -0.15) is 11.3 Å². The van der Waals surface area contributed by atoms with Gasteiger partial charge in [0.15, 0.2) is 0 Å². The van der Waals surface area contributed by atoms with E-state index < -0.39 is 0 Å². The van der Waals surface area contributed by atoms with E-state index >= 15 is 0 Å². The molecule has 0 aromatic carbocycles. The summed E-state index contributed by atoms with van der Waals surface area (Å²) in [5.41, 5.74) is 1.48. The molecule has 2 rings (SSSR count). The monoisotopic (exact) mass is 295 g/mol. The quantitative estimate of drug-likeness (QED) is 0.833. The normalized spacial score (nSPS) is 23.1. The van der Waals surface area contributed by atoms with E-state index in [-0.39, 0.29) is 0 Å². The number of likely N-dealkylation sites (N-methyl/N-ethyl adjacent to an activating group) is 2. The third kappa shape index (κ3) is 4.85. The Balaban J connectivity index is 1.91. The first-order valence-electron chi connectivity index (χ1n) is 7.82. The lowest BCUT2D eigenvalue weighted by Gasteiger charge is -2.39. The van der Waals surface area contributed by atoms with Crippen LogP contribution in [0.5, 0.6) is 0 Å². The highest BCUT2D eigenvalue weighted by Gasteiger charge is 2.25. The van der Waals surface area contributed by atoms with Gasteiger partial charge in [0.05, 0.1) is 0 Å². The number of thiophene rings is 1. The fourth-order valence-corrected chi connectivity index (χ4v) is 3.65. The Labute approximate surface area is 128 Å². The van der Waals surface area contributed by atoms with E-state index in [1.807, 2.05) is 0 Å². The second-order valence-electron chi connectivity index (χ2n) is 6.12. The van der Waals surface area contributed by atoms with Crippen LogP contribution in [-0.2, 0) is 6.42 Å². The topological polar surface area (TPSA) is 18.5 Å². The summed E-state index contributed by atoms with van der Waals surface area (Å²) in [5.74, 6) is 0. The highest BCUT2D eigenvalue weighted by atomic mass is 32.1. The van der Waals surface area contributed by atoms with Crippen molar-refractivity contribution >= 4 is 11.3 Å². The lowest BCUT2D eigenvalue weighted by molar-refractivity contribution is 0.101. The van der Waals surface area contributed by atoms with Gasteiger partial charge in [-0.05, 0) is 62.3 Å². The van der Waals surface area contributed by atoms with Gasteiger partial charge >= 0.3 is 0 Å². The van der Waals surface area contributed by atoms with Crippen LogP contribution in [0.4, 0.5) is 0 Å². The Kier molecular flexibility index (Phi) is 6.49. The molecule has 0 aliphatic carbocycles. The minimum absolute atomic E-state index is 0.600. The Bertz CT molecular complexity index is 366. The van der Waals surface area contributed by atoms with E-state index in [9.17, 15) is 0 Å². The number of nitrogens with zero attached hydrogens (tertiary/aromatic N) is 2. The lowest BCUT2D eigenvalue weighted by atomic mass is 9.98. The first kappa shape index (κ1) is 16.0. The van der Waals surface area contributed by atoms with Crippen LogP contribution < -0.4 is 5.32 Å². The second-order valence-corrected chi connectivity index (χ2v) is 6.90. The van der Waals surface area contributed by atoms with E-state index in [0.29, 0.717) is 12.1 Å². The minimum Gasteiger partial charge on any atom is -0.314 e. The molecule has 2 unspecified atom stereocenters. The summed E-state index contributed by atoms with van der Waals surface area (Å²) in [4.78, 5) is 5.00. The van der Waals surface area contributed by atoms with Crippen molar-refractivity contribution in [3.05, 3.63) is 22.4 Å². The van der Waals surface area contributed by atoms with Crippen molar-refractivity contribution in [2.75, 3.05) is 40.3 Å². The first-order valence-corrected chi connectivity index (χ1v) is 8.76. The maximum absolute atomic E-state index is 3.75. The van der Waals surface area contributed by atoms with Gasteiger partial charge in [0.1, 0.15) is 0 Å². The van der Waals surface area contributed by atoms with Crippen molar-refractivity contribution in [3.8, 4) is 0 Å². The Morgan fingerprint density at radius 2 is 2.25 bits per heavy atom. The van der Waals surface area contributed by atoms with Crippen LogP contribution in [0.2, 0.25) is 0 Å². The number of hydrogen-bond donors (Lipinski definition) is 1. The van der Waals surface area contributed by atoms with E-state index in [2.05, 4.69) is 53.0 Å². The van der Waals surface area contributed by atoms with Gasteiger partial charge in [0.25, 0.3) is 0 Å². The van der Waals surface area contributed by atoms with Crippen molar-refractivity contribution in [2.24, 2.45) is 0 Å². The summed E-state index contributed by atoms with van der Waals surface area (Å²) in [5, 5.41) is 8.23. The molecule has 3 nitrogen and oxygen atoms in total. The SMILES string of the molecule is CCCNC(Cc1ccsc1)CC1CN(C)CCN1C. The van der Waals surface area contributed by atoms with Crippen LogP contribution in [-0.4, -0.2) is 62.2 Å². The van der Waals surface area contributed by atoms with Crippen LogP contribution in [0.25, 0.3) is 0 Å². The molecule has 4 heteroatoms. The zero-order valence-corrected chi connectivity index (χ0v) is 14.0. The minimum atomic E-state index is 0.600. The average molecular weight is 295 g/mol. The van der Waals surface area contributed by atoms with Crippen LogP contribution in [0.1, 0.15) is 25.3 Å². The van der Waals surface area contributed by atoms with Gasteiger partial charge in [-0.1, -0.05) is 6.92 Å². The van der Waals surface area contributed by atoms with E-state index in [1.165, 1.54) is 38.0 Å². The maximum Gasteiger partial charge on any atom is 0.0235 e. The summed E-state index contributed by atoms with van der Waals surface area (Å²) in [6, 6.07) is 3.55. The molecule has 0 amide bonds. The molecule has 1 fully saturated rings. The molecule has 1 aromatic rings. The molecule has 2 heterocycles. The summed E-state index contributed by atoms with van der Waals surface area (Å²) in [6.45, 7) is 6.96. The van der Waals surface area contributed by atoms with Crippen LogP contribution in [0, 0.1) is 0 Å². The molecule has 20 heavy (non-hydrogen) atoms. The molecular weight excluding hydrogens is 266 g/mol. The third-order valence-corrected chi connectivity index (χ3v) is 5.01. The molecule has 0 saturated carbocycles. The van der Waals surface area contributed by atoms with Gasteiger partial charge in [-0.25, -0.2) is 0 Å². The lowest BCUT2D eigenvalue weighted by Crippen LogP contribution is -2.52. The van der Waals surface area contributed by atoms with Crippen LogP contribution >= 0.6 is 11.3 Å². The smallest absolute Gasteiger partial charge is 0.0235 e. The fraction of sp³-hybridized carbons (Fsp3) is 0.750. The zero-order valence-electron chi connectivity index (χ0n) is 13.1. The summed E-state index contributed by atoms with van der Waals surface area (Å²) < 4.78 is 0. The molecule has 0 bridgehead atoms. The highest BCUT2D eigenvalue weighted by Crippen LogP contribution is 2.16. The third-order valence-electron chi connectivity index (χ3n) is 4.28. The molecule has 2 atom stereocenters. The molecule has 0 radical (unpaired) electrons. The van der Waals surface area contributed by atoms with E-state index in [0.717, 1.165) is 13.0 Å². The molecular formula is C16H29N3S. The second kappa shape index (κ2) is 8.13. The molecule has 1 aliphatic heterocycles. The zero-order chi connectivity index (χ0) is 14.4. The fourth-order valence-electron chi connectivity index (χ4n) is 2.96. The molecule has 0 spiro atoms. The Hall–Kier alpha value is -0.420. The van der Waals surface area contributed by atoms with Crippen molar-refractivity contribution < 1.29 is 0 Å². The number of rotatable bonds is 7. The van der Waals surface area contributed by atoms with E-state index in [1.54, 1.807) is 11.3 Å². The molecule has 1 aromatic heterocycles. The van der Waals surface area contributed by atoms with Crippen molar-refractivity contribution in [2.45, 2.75) is 38.3 Å². The van der Waals surface area contributed by atoms with Crippen LogP contribution in [0.3, 0.4) is 0 Å². The van der Waals surface area contributed by atoms with Crippen molar-refractivity contribution in [1.82, 2.24) is 15.1 Å².